The van der Waals surface area contributed by atoms with E-state index in [0.717, 1.165) is 25.2 Å². The van der Waals surface area contributed by atoms with E-state index in [1.165, 1.54) is 0 Å². The number of nitrogens with one attached hydrogen (secondary N) is 1. The predicted molar refractivity (Wildman–Crippen MR) is 51.4 cm³/mol. The van der Waals surface area contributed by atoms with Gasteiger partial charge in [0.1, 0.15) is 6.61 Å². The molecule has 0 aliphatic heterocycles. The molecule has 0 radical (unpaired) electrons. The van der Waals surface area contributed by atoms with Crippen LogP contribution in [0.1, 0.15) is 33.1 Å². The molecule has 0 bridgehead atoms. The van der Waals surface area contributed by atoms with Gasteiger partial charge in [0.15, 0.2) is 0 Å². The van der Waals surface area contributed by atoms with E-state index < -0.39 is 0 Å². The van der Waals surface area contributed by atoms with Crippen molar-refractivity contribution in [1.82, 2.24) is 5.32 Å². The molecule has 1 N–H and O–H groups in total. The van der Waals surface area contributed by atoms with Crippen LogP contribution in [0.5, 0.6) is 0 Å². The van der Waals surface area contributed by atoms with E-state index in [1.807, 2.05) is 6.92 Å². The second-order valence-corrected chi connectivity index (χ2v) is 3.89. The van der Waals surface area contributed by atoms with Crippen molar-refractivity contribution < 1.29 is 9.53 Å². The maximum absolute atomic E-state index is 11.2. The van der Waals surface area contributed by atoms with E-state index in [1.54, 1.807) is 0 Å². The van der Waals surface area contributed by atoms with E-state index >= 15 is 0 Å². The van der Waals surface area contributed by atoms with Crippen LogP contribution in [0.25, 0.3) is 0 Å². The van der Waals surface area contributed by atoms with Gasteiger partial charge in [0.05, 0.1) is 0 Å². The Morgan fingerprint density at radius 2 is 2.23 bits per heavy atom. The summed E-state index contributed by atoms with van der Waals surface area (Å²) >= 11 is 0. The van der Waals surface area contributed by atoms with Gasteiger partial charge in [-0.1, -0.05) is 13.8 Å². The molecule has 0 aromatic heterocycles. The van der Waals surface area contributed by atoms with Gasteiger partial charge >= 0.3 is 0 Å². The molecule has 1 saturated carbocycles. The summed E-state index contributed by atoms with van der Waals surface area (Å²) in [6, 6.07) is 0.410. The topological polar surface area (TPSA) is 38.3 Å². The van der Waals surface area contributed by atoms with Crippen LogP contribution in [0.3, 0.4) is 0 Å². The molecule has 1 aliphatic rings. The fourth-order valence-corrected chi connectivity index (χ4v) is 1.60. The van der Waals surface area contributed by atoms with Gasteiger partial charge in [-0.2, -0.15) is 0 Å². The van der Waals surface area contributed by atoms with Gasteiger partial charge in [0, 0.05) is 12.6 Å². The van der Waals surface area contributed by atoms with Crippen molar-refractivity contribution in [2.45, 2.75) is 39.2 Å². The molecular formula is C10H19NO2. The van der Waals surface area contributed by atoms with Crippen LogP contribution < -0.4 is 5.32 Å². The maximum atomic E-state index is 11.2. The van der Waals surface area contributed by atoms with Crippen molar-refractivity contribution in [3.8, 4) is 0 Å². The zero-order valence-electron chi connectivity index (χ0n) is 8.51. The Morgan fingerprint density at radius 1 is 1.54 bits per heavy atom. The minimum atomic E-state index is 0.0327. The summed E-state index contributed by atoms with van der Waals surface area (Å²) in [4.78, 5) is 11.2. The molecule has 3 heteroatoms. The van der Waals surface area contributed by atoms with E-state index in [2.05, 4.69) is 12.2 Å². The second kappa shape index (κ2) is 5.22. The van der Waals surface area contributed by atoms with Crippen molar-refractivity contribution >= 4 is 5.91 Å². The standard InChI is InChI=1S/C10H19NO2/c1-3-4-13-7-10(12)11-9-5-8(2)6-9/h8-9H,3-7H2,1-2H3,(H,11,12). The molecule has 0 aromatic rings. The highest BCUT2D eigenvalue weighted by Gasteiger charge is 2.26. The van der Waals surface area contributed by atoms with Crippen LogP contribution >= 0.6 is 0 Å². The lowest BCUT2D eigenvalue weighted by molar-refractivity contribution is -0.127. The Balaban J connectivity index is 1.98. The maximum Gasteiger partial charge on any atom is 0.246 e. The highest BCUT2D eigenvalue weighted by Crippen LogP contribution is 2.25. The zero-order valence-corrected chi connectivity index (χ0v) is 8.51. The van der Waals surface area contributed by atoms with Crippen LogP contribution in [0.2, 0.25) is 0 Å². The molecule has 1 amide bonds. The highest BCUT2D eigenvalue weighted by atomic mass is 16.5. The van der Waals surface area contributed by atoms with Gasteiger partial charge in [-0.05, 0) is 25.2 Å². The number of hydrogen-bond donors (Lipinski definition) is 1. The lowest BCUT2D eigenvalue weighted by Gasteiger charge is -2.33. The zero-order chi connectivity index (χ0) is 9.68. The normalized spacial score (nSPS) is 26.6. The van der Waals surface area contributed by atoms with Gasteiger partial charge in [-0.3, -0.25) is 4.79 Å². The van der Waals surface area contributed by atoms with Crippen molar-refractivity contribution in [3.05, 3.63) is 0 Å². The Morgan fingerprint density at radius 3 is 2.77 bits per heavy atom. The molecule has 1 rings (SSSR count). The van der Waals surface area contributed by atoms with E-state index in [0.29, 0.717) is 12.6 Å². The summed E-state index contributed by atoms with van der Waals surface area (Å²) in [6.07, 6.45) is 3.22. The van der Waals surface area contributed by atoms with Gasteiger partial charge in [0.2, 0.25) is 5.91 Å². The molecular weight excluding hydrogens is 166 g/mol. The number of amides is 1. The Labute approximate surface area is 79.8 Å². The van der Waals surface area contributed by atoms with Crippen LogP contribution in [-0.2, 0) is 9.53 Å². The van der Waals surface area contributed by atoms with Gasteiger partial charge in [-0.25, -0.2) is 0 Å². The van der Waals surface area contributed by atoms with E-state index in [-0.39, 0.29) is 12.5 Å². The Hall–Kier alpha value is -0.570. The van der Waals surface area contributed by atoms with Crippen LogP contribution in [0.4, 0.5) is 0 Å². The molecule has 1 aliphatic carbocycles. The quantitative estimate of drug-likeness (QED) is 0.656. The van der Waals surface area contributed by atoms with Crippen molar-refractivity contribution in [3.63, 3.8) is 0 Å². The summed E-state index contributed by atoms with van der Waals surface area (Å²) in [5.74, 6) is 0.812. The van der Waals surface area contributed by atoms with Gasteiger partial charge in [-0.15, -0.1) is 0 Å². The van der Waals surface area contributed by atoms with Crippen molar-refractivity contribution in [2.75, 3.05) is 13.2 Å². The average Bonchev–Trinajstić information content (AvgIpc) is 2.02. The summed E-state index contributed by atoms with van der Waals surface area (Å²) in [5.41, 5.74) is 0. The molecule has 0 unspecified atom stereocenters. The van der Waals surface area contributed by atoms with Gasteiger partial charge in [0.25, 0.3) is 0 Å². The molecule has 13 heavy (non-hydrogen) atoms. The molecule has 1 fully saturated rings. The molecule has 0 saturated heterocycles. The lowest BCUT2D eigenvalue weighted by atomic mass is 9.82. The fraction of sp³-hybridized carbons (Fsp3) is 0.900. The summed E-state index contributed by atoms with van der Waals surface area (Å²) in [6.45, 7) is 5.13. The molecule has 0 aromatic carbocycles. The minimum absolute atomic E-state index is 0.0327. The first-order valence-electron chi connectivity index (χ1n) is 5.09. The Kier molecular flexibility index (Phi) is 4.22. The average molecular weight is 185 g/mol. The number of carbonyl (C=O) groups is 1. The third kappa shape index (κ3) is 3.77. The number of hydrogen-bond acceptors (Lipinski definition) is 2. The van der Waals surface area contributed by atoms with Crippen LogP contribution in [0, 0.1) is 5.92 Å². The summed E-state index contributed by atoms with van der Waals surface area (Å²) < 4.78 is 5.13. The predicted octanol–water partition coefficient (Wildman–Crippen LogP) is 1.33. The number of ether oxygens (including phenoxy) is 1. The smallest absolute Gasteiger partial charge is 0.246 e. The van der Waals surface area contributed by atoms with Gasteiger partial charge < -0.3 is 10.1 Å². The minimum Gasteiger partial charge on any atom is -0.372 e. The molecule has 0 heterocycles. The summed E-state index contributed by atoms with van der Waals surface area (Å²) in [7, 11) is 0. The van der Waals surface area contributed by atoms with Crippen LogP contribution in [-0.4, -0.2) is 25.2 Å². The fourth-order valence-electron chi connectivity index (χ4n) is 1.60. The molecule has 3 nitrogen and oxygen atoms in total. The monoisotopic (exact) mass is 185 g/mol. The Bertz CT molecular complexity index is 164. The van der Waals surface area contributed by atoms with E-state index in [4.69, 9.17) is 4.74 Å². The van der Waals surface area contributed by atoms with Crippen molar-refractivity contribution in [2.24, 2.45) is 5.92 Å². The first-order valence-corrected chi connectivity index (χ1v) is 5.09. The molecule has 0 spiro atoms. The second-order valence-electron chi connectivity index (χ2n) is 3.89. The highest BCUT2D eigenvalue weighted by molar-refractivity contribution is 5.77. The third-order valence-corrected chi connectivity index (χ3v) is 2.32. The SMILES string of the molecule is CCCOCC(=O)NC1CC(C)C1. The summed E-state index contributed by atoms with van der Waals surface area (Å²) in [5, 5.41) is 2.94. The molecule has 0 atom stereocenters. The van der Waals surface area contributed by atoms with Crippen LogP contribution in [0.15, 0.2) is 0 Å². The number of rotatable bonds is 5. The third-order valence-electron chi connectivity index (χ3n) is 2.32. The van der Waals surface area contributed by atoms with Crippen molar-refractivity contribution in [1.29, 1.82) is 0 Å². The largest absolute Gasteiger partial charge is 0.372 e. The lowest BCUT2D eigenvalue weighted by Crippen LogP contribution is -2.44. The number of carbonyl (C=O) groups excluding carboxylic acids is 1. The first-order chi connectivity index (χ1) is 6.22. The molecule has 76 valence electrons. The first kappa shape index (κ1) is 10.5. The van der Waals surface area contributed by atoms with E-state index in [9.17, 15) is 4.79 Å².